The van der Waals surface area contributed by atoms with E-state index >= 15 is 0 Å². The molecule has 0 aliphatic carbocycles. The molecule has 0 unspecified atom stereocenters. The van der Waals surface area contributed by atoms with Gasteiger partial charge in [-0.3, -0.25) is 9.63 Å². The number of rotatable bonds is 54. The van der Waals surface area contributed by atoms with Crippen molar-refractivity contribution >= 4 is 5.91 Å². The van der Waals surface area contributed by atoms with Crippen LogP contribution in [0.3, 0.4) is 0 Å². The maximum absolute atomic E-state index is 12.0. The van der Waals surface area contributed by atoms with Crippen LogP contribution in [0.2, 0.25) is 0 Å². The summed E-state index contributed by atoms with van der Waals surface area (Å²) in [6, 6.07) is 23.0. The van der Waals surface area contributed by atoms with Crippen LogP contribution in [0.1, 0.15) is 201 Å². The summed E-state index contributed by atoms with van der Waals surface area (Å²) in [5, 5.41) is 49.5. The van der Waals surface area contributed by atoms with Crippen molar-refractivity contribution in [2.45, 2.75) is 225 Å². The Bertz CT molecular complexity index is 1900. The minimum atomic E-state index is -1.82. The van der Waals surface area contributed by atoms with Crippen molar-refractivity contribution in [3.63, 3.8) is 0 Å². The Balaban J connectivity index is 1.41. The molecule has 5 N–H and O–H groups in total. The molecule has 0 saturated carbocycles. The molecule has 0 radical (unpaired) electrons. The number of hydrogen-bond acceptors (Lipinski definition) is 13. The molecule has 3 aromatic carbocycles. The Morgan fingerprint density at radius 3 is 1.19 bits per heavy atom. The predicted molar refractivity (Wildman–Crippen MR) is 321 cm³/mol. The third kappa shape index (κ3) is 33.3. The number of benzene rings is 3. The van der Waals surface area contributed by atoms with Crippen LogP contribution in [0.25, 0.3) is 22.3 Å². The summed E-state index contributed by atoms with van der Waals surface area (Å²) < 4.78 is 35.8. The van der Waals surface area contributed by atoms with Gasteiger partial charge in [-0.15, -0.1) is 0 Å². The summed E-state index contributed by atoms with van der Waals surface area (Å²) in [7, 11) is 0. The number of hydroxylamine groups is 2. The van der Waals surface area contributed by atoms with Crippen LogP contribution < -0.4 is 14.2 Å². The molecule has 14 nitrogen and oxygen atoms in total. The summed E-state index contributed by atoms with van der Waals surface area (Å²) in [6.45, 7) is 8.00. The zero-order valence-corrected chi connectivity index (χ0v) is 49.9. The van der Waals surface area contributed by atoms with Crippen molar-refractivity contribution in [1.82, 2.24) is 5.06 Å². The lowest BCUT2D eigenvalue weighted by Gasteiger charge is -2.29. The van der Waals surface area contributed by atoms with E-state index < -0.39 is 43.5 Å². The zero-order valence-electron chi connectivity index (χ0n) is 49.9. The Morgan fingerprint density at radius 2 is 0.775 bits per heavy atom. The fourth-order valence-corrected chi connectivity index (χ4v) is 9.58. The minimum Gasteiger partial charge on any atom is -0.494 e. The van der Waals surface area contributed by atoms with Crippen LogP contribution >= 0.6 is 0 Å². The lowest BCUT2D eigenvalue weighted by Crippen LogP contribution is -2.50. The van der Waals surface area contributed by atoms with Gasteiger partial charge in [0, 0.05) is 12.5 Å². The second-order valence-electron chi connectivity index (χ2n) is 21.5. The van der Waals surface area contributed by atoms with Gasteiger partial charge in [-0.2, -0.15) is 0 Å². The predicted octanol–water partition coefficient (Wildman–Crippen LogP) is 13.4. The van der Waals surface area contributed by atoms with E-state index in [1.165, 1.54) is 174 Å². The lowest BCUT2D eigenvalue weighted by molar-refractivity contribution is -0.204. The van der Waals surface area contributed by atoms with E-state index in [0.717, 1.165) is 70.6 Å². The van der Waals surface area contributed by atoms with Gasteiger partial charge in [0.15, 0.2) is 0 Å². The second kappa shape index (κ2) is 47.6. The number of hydrogen-bond donors (Lipinski definition) is 5. The topological polar surface area (TPSA) is 186 Å². The van der Waals surface area contributed by atoms with Crippen LogP contribution in [-0.4, -0.2) is 140 Å². The first-order valence-corrected chi connectivity index (χ1v) is 31.4. The van der Waals surface area contributed by atoms with E-state index in [0.29, 0.717) is 33.0 Å². The van der Waals surface area contributed by atoms with E-state index in [1.807, 2.05) is 12.1 Å². The molecular weight excluding hydrogens is 1010 g/mol. The van der Waals surface area contributed by atoms with Gasteiger partial charge in [0.05, 0.1) is 72.6 Å². The molecule has 0 aromatic heterocycles. The SMILES string of the molecule is CCCCCCCCCCCCCCCCOc1ccc(-c2ccc(-c3ccc(OCCCCCCCCCCCCCCCC)cc3)c(OCCOCCOCCOCCON(C[C@H](O)[C@@H](O)[C@H](O)[C@H](O)CO)C(C)=O)c2)cc1. The maximum atomic E-state index is 12.0. The number of amides is 1. The molecule has 1 amide bonds. The molecule has 14 heteroatoms. The molecule has 0 spiro atoms. The number of carbonyl (C=O) groups excluding carboxylic acids is 1. The van der Waals surface area contributed by atoms with Crippen molar-refractivity contribution in [3.8, 4) is 39.5 Å². The van der Waals surface area contributed by atoms with Gasteiger partial charge in [-0.1, -0.05) is 217 Å². The number of nitrogens with zero attached hydrogens (tertiary/aromatic N) is 1. The average Bonchev–Trinajstić information content (AvgIpc) is 3.47. The van der Waals surface area contributed by atoms with Gasteiger partial charge in [0.2, 0.25) is 5.91 Å². The summed E-state index contributed by atoms with van der Waals surface area (Å²) in [6.07, 6.45) is 30.5. The molecule has 4 atom stereocenters. The number of ether oxygens (including phenoxy) is 6. The normalized spacial score (nSPS) is 13.1. The molecule has 0 heterocycles. The van der Waals surface area contributed by atoms with Crippen LogP contribution in [0.4, 0.5) is 0 Å². The number of unbranched alkanes of at least 4 members (excludes halogenated alkanes) is 26. The molecule has 0 aliphatic heterocycles. The van der Waals surface area contributed by atoms with E-state index in [9.17, 15) is 25.2 Å². The Kier molecular flexibility index (Phi) is 41.9. The number of aliphatic hydroxyl groups is 5. The van der Waals surface area contributed by atoms with Gasteiger partial charge >= 0.3 is 0 Å². The van der Waals surface area contributed by atoms with Gasteiger partial charge < -0.3 is 54.0 Å². The van der Waals surface area contributed by atoms with E-state index in [-0.39, 0.29) is 19.8 Å². The highest BCUT2D eigenvalue weighted by atomic mass is 16.7. The van der Waals surface area contributed by atoms with Crippen molar-refractivity contribution in [2.75, 3.05) is 79.2 Å². The van der Waals surface area contributed by atoms with Gasteiger partial charge in [0.25, 0.3) is 0 Å². The van der Waals surface area contributed by atoms with Crippen LogP contribution in [0.15, 0.2) is 66.7 Å². The molecule has 0 aliphatic rings. The van der Waals surface area contributed by atoms with Gasteiger partial charge in [0.1, 0.15) is 48.3 Å². The minimum absolute atomic E-state index is 0.0297. The quantitative estimate of drug-likeness (QED) is 0.0266. The first-order chi connectivity index (χ1) is 39.2. The number of aliphatic hydroxyl groups excluding tert-OH is 5. The Morgan fingerprint density at radius 1 is 0.412 bits per heavy atom. The van der Waals surface area contributed by atoms with Crippen molar-refractivity contribution in [1.29, 1.82) is 0 Å². The third-order valence-electron chi connectivity index (χ3n) is 14.6. The highest BCUT2D eigenvalue weighted by Gasteiger charge is 2.32. The molecule has 3 rings (SSSR count). The Hall–Kier alpha value is -3.83. The monoisotopic (exact) mass is 1120 g/mol. The standard InChI is InChI=1S/C66H109NO13/c1-4-6-8-10-12-14-16-18-20-22-24-26-28-30-42-77-59-37-32-56(33-38-59)58-36-41-61(57-34-39-60(40-35-57)78-43-31-29-27-25-23-21-19-17-15-13-11-9-7-5-2)64(52-58)79-50-48-75-46-44-74-45-47-76-49-51-80-67(55(3)69)53-62(70)65(72)66(73)63(71)54-68/h32-41,52,62-63,65-66,68,70-73H,4-31,42-51,53-54H2,1-3H3/t62-,63+,65+,66+/m0/s1. The van der Waals surface area contributed by atoms with E-state index in [1.54, 1.807) is 0 Å². The molecule has 456 valence electrons. The number of carbonyl (C=O) groups is 1. The van der Waals surface area contributed by atoms with Crippen LogP contribution in [0, 0.1) is 0 Å². The van der Waals surface area contributed by atoms with Crippen LogP contribution in [-0.2, 0) is 23.8 Å². The molecule has 0 fully saturated rings. The lowest BCUT2D eigenvalue weighted by atomic mass is 9.99. The molecular formula is C66H109NO13. The van der Waals surface area contributed by atoms with E-state index in [4.69, 9.17) is 38.4 Å². The average molecular weight is 1120 g/mol. The molecule has 0 saturated heterocycles. The summed E-state index contributed by atoms with van der Waals surface area (Å²) in [5.41, 5.74) is 4.13. The Labute approximate surface area is 483 Å². The molecule has 3 aromatic rings. The summed E-state index contributed by atoms with van der Waals surface area (Å²) in [5.74, 6) is 1.96. The summed E-state index contributed by atoms with van der Waals surface area (Å²) in [4.78, 5) is 17.4. The second-order valence-corrected chi connectivity index (χ2v) is 21.5. The smallest absolute Gasteiger partial charge is 0.243 e. The molecule has 80 heavy (non-hydrogen) atoms. The van der Waals surface area contributed by atoms with Gasteiger partial charge in [-0.25, -0.2) is 5.06 Å². The first-order valence-electron chi connectivity index (χ1n) is 31.4. The highest BCUT2D eigenvalue weighted by Crippen LogP contribution is 2.36. The van der Waals surface area contributed by atoms with Gasteiger partial charge in [-0.05, 0) is 59.9 Å². The van der Waals surface area contributed by atoms with Crippen molar-refractivity contribution in [2.24, 2.45) is 0 Å². The first kappa shape index (κ1) is 70.4. The van der Waals surface area contributed by atoms with Crippen LogP contribution in [0.5, 0.6) is 17.2 Å². The van der Waals surface area contributed by atoms with Crippen molar-refractivity contribution < 1.29 is 63.6 Å². The largest absolute Gasteiger partial charge is 0.494 e. The maximum Gasteiger partial charge on any atom is 0.243 e. The van der Waals surface area contributed by atoms with E-state index in [2.05, 4.69) is 68.4 Å². The fourth-order valence-electron chi connectivity index (χ4n) is 9.58. The third-order valence-corrected chi connectivity index (χ3v) is 14.6. The summed E-state index contributed by atoms with van der Waals surface area (Å²) >= 11 is 0. The fraction of sp³-hybridized carbons (Fsp3) is 0.712. The highest BCUT2D eigenvalue weighted by molar-refractivity contribution is 5.77. The zero-order chi connectivity index (χ0) is 57.5. The molecule has 0 bridgehead atoms. The van der Waals surface area contributed by atoms with Crippen molar-refractivity contribution in [3.05, 3.63) is 66.7 Å².